The molecule has 1 saturated heterocycles. The maximum Gasteiger partial charge on any atom is 0.119 e. The standard InChI is InChI=1S/C16H27N3O2/c1-3-14-5-4-6-16(11-14)21-13-15(20)12-17-19-9-7-18(2)8-10-19/h4-6,11,15,17,20H,3,7-10,12-13H2,1-2H3. The second-order valence-electron chi connectivity index (χ2n) is 5.62. The number of aryl methyl sites for hydroxylation is 1. The number of hydrazine groups is 1. The first-order valence-corrected chi connectivity index (χ1v) is 7.74. The van der Waals surface area contributed by atoms with Crippen LogP contribution in [0.2, 0.25) is 0 Å². The van der Waals surface area contributed by atoms with Crippen molar-refractivity contribution < 1.29 is 9.84 Å². The van der Waals surface area contributed by atoms with Crippen molar-refractivity contribution in [2.45, 2.75) is 19.4 Å². The van der Waals surface area contributed by atoms with E-state index in [4.69, 9.17) is 4.74 Å². The lowest BCUT2D eigenvalue weighted by molar-refractivity contribution is 0.0548. The molecule has 0 spiro atoms. The van der Waals surface area contributed by atoms with Gasteiger partial charge in [0.05, 0.1) is 0 Å². The van der Waals surface area contributed by atoms with Crippen LogP contribution in [0.3, 0.4) is 0 Å². The number of rotatable bonds is 7. The molecule has 1 aliphatic rings. The average Bonchev–Trinajstić information content (AvgIpc) is 2.52. The molecule has 1 fully saturated rings. The van der Waals surface area contributed by atoms with E-state index in [-0.39, 0.29) is 0 Å². The van der Waals surface area contributed by atoms with E-state index in [9.17, 15) is 5.11 Å². The molecule has 0 radical (unpaired) electrons. The van der Waals surface area contributed by atoms with Gasteiger partial charge in [0.1, 0.15) is 18.5 Å². The summed E-state index contributed by atoms with van der Waals surface area (Å²) in [6.07, 6.45) is 0.486. The zero-order chi connectivity index (χ0) is 15.1. The van der Waals surface area contributed by atoms with Crippen molar-refractivity contribution in [2.24, 2.45) is 0 Å². The quantitative estimate of drug-likeness (QED) is 0.776. The Morgan fingerprint density at radius 2 is 2.05 bits per heavy atom. The van der Waals surface area contributed by atoms with E-state index in [2.05, 4.69) is 35.4 Å². The van der Waals surface area contributed by atoms with Crippen LogP contribution in [-0.4, -0.2) is 67.5 Å². The van der Waals surface area contributed by atoms with Crippen molar-refractivity contribution >= 4 is 0 Å². The Balaban J connectivity index is 1.66. The maximum absolute atomic E-state index is 10.00. The van der Waals surface area contributed by atoms with Crippen LogP contribution in [0, 0.1) is 0 Å². The number of nitrogens with zero attached hydrogens (tertiary/aromatic N) is 2. The monoisotopic (exact) mass is 293 g/mol. The Morgan fingerprint density at radius 3 is 2.76 bits per heavy atom. The molecule has 1 aliphatic heterocycles. The molecule has 0 aliphatic carbocycles. The molecule has 5 heteroatoms. The highest BCUT2D eigenvalue weighted by atomic mass is 16.5. The summed E-state index contributed by atoms with van der Waals surface area (Å²) >= 11 is 0. The summed E-state index contributed by atoms with van der Waals surface area (Å²) in [6, 6.07) is 8.03. The second-order valence-corrected chi connectivity index (χ2v) is 5.62. The van der Waals surface area contributed by atoms with E-state index in [0.717, 1.165) is 38.3 Å². The fourth-order valence-corrected chi connectivity index (χ4v) is 2.31. The minimum absolute atomic E-state index is 0.313. The first-order valence-electron chi connectivity index (χ1n) is 7.74. The van der Waals surface area contributed by atoms with Gasteiger partial charge >= 0.3 is 0 Å². The van der Waals surface area contributed by atoms with Gasteiger partial charge in [-0.25, -0.2) is 5.01 Å². The molecular formula is C16H27N3O2. The molecule has 2 rings (SSSR count). The van der Waals surface area contributed by atoms with E-state index in [1.165, 1.54) is 5.56 Å². The smallest absolute Gasteiger partial charge is 0.119 e. The van der Waals surface area contributed by atoms with Crippen molar-refractivity contribution in [1.82, 2.24) is 15.3 Å². The summed E-state index contributed by atoms with van der Waals surface area (Å²) in [5.41, 5.74) is 4.53. The molecule has 0 amide bonds. The van der Waals surface area contributed by atoms with E-state index in [0.29, 0.717) is 13.2 Å². The molecule has 0 saturated carbocycles. The number of benzene rings is 1. The number of aliphatic hydroxyl groups is 1. The summed E-state index contributed by atoms with van der Waals surface area (Å²) in [5.74, 6) is 0.827. The zero-order valence-corrected chi connectivity index (χ0v) is 13.1. The average molecular weight is 293 g/mol. The summed E-state index contributed by atoms with van der Waals surface area (Å²) in [7, 11) is 2.13. The topological polar surface area (TPSA) is 48.0 Å². The van der Waals surface area contributed by atoms with Crippen LogP contribution in [0.15, 0.2) is 24.3 Å². The number of piperazine rings is 1. The van der Waals surface area contributed by atoms with Crippen LogP contribution in [0.25, 0.3) is 0 Å². The fraction of sp³-hybridized carbons (Fsp3) is 0.625. The predicted molar refractivity (Wildman–Crippen MR) is 84.4 cm³/mol. The first-order chi connectivity index (χ1) is 10.2. The fourth-order valence-electron chi connectivity index (χ4n) is 2.31. The van der Waals surface area contributed by atoms with Crippen molar-refractivity contribution in [3.8, 4) is 5.75 Å². The molecule has 118 valence electrons. The molecule has 21 heavy (non-hydrogen) atoms. The van der Waals surface area contributed by atoms with Gasteiger partial charge in [-0.05, 0) is 31.2 Å². The van der Waals surface area contributed by atoms with Crippen LogP contribution < -0.4 is 10.2 Å². The normalized spacial score (nSPS) is 18.6. The number of hydrogen-bond donors (Lipinski definition) is 2. The molecule has 5 nitrogen and oxygen atoms in total. The molecule has 0 aromatic heterocycles. The van der Waals surface area contributed by atoms with E-state index in [1.54, 1.807) is 0 Å². The van der Waals surface area contributed by atoms with E-state index >= 15 is 0 Å². The third-order valence-corrected chi connectivity index (χ3v) is 3.80. The lowest BCUT2D eigenvalue weighted by atomic mass is 10.2. The van der Waals surface area contributed by atoms with Crippen molar-refractivity contribution in [1.29, 1.82) is 0 Å². The van der Waals surface area contributed by atoms with Gasteiger partial charge in [-0.15, -0.1) is 0 Å². The largest absolute Gasteiger partial charge is 0.491 e. The number of hydrogen-bond acceptors (Lipinski definition) is 5. The summed E-state index contributed by atoms with van der Waals surface area (Å²) in [6.45, 7) is 7.05. The second kappa shape index (κ2) is 8.34. The SMILES string of the molecule is CCc1cccc(OCC(O)CNN2CCN(C)CC2)c1. The van der Waals surface area contributed by atoms with Crippen LogP contribution >= 0.6 is 0 Å². The predicted octanol–water partition coefficient (Wildman–Crippen LogP) is 0.741. The highest BCUT2D eigenvalue weighted by molar-refractivity contribution is 5.28. The van der Waals surface area contributed by atoms with E-state index < -0.39 is 6.10 Å². The molecule has 1 atom stereocenters. The molecular weight excluding hydrogens is 266 g/mol. The third-order valence-electron chi connectivity index (χ3n) is 3.80. The van der Waals surface area contributed by atoms with Crippen molar-refractivity contribution in [3.63, 3.8) is 0 Å². The Kier molecular flexibility index (Phi) is 6.45. The maximum atomic E-state index is 10.00. The van der Waals surface area contributed by atoms with Crippen LogP contribution in [0.5, 0.6) is 5.75 Å². The first kappa shape index (κ1) is 16.2. The number of nitrogens with one attached hydrogen (secondary N) is 1. The Morgan fingerprint density at radius 1 is 1.29 bits per heavy atom. The molecule has 1 unspecified atom stereocenters. The lowest BCUT2D eigenvalue weighted by Gasteiger charge is -2.33. The summed E-state index contributed by atoms with van der Waals surface area (Å²) in [5, 5.41) is 12.2. The van der Waals surface area contributed by atoms with Crippen molar-refractivity contribution in [2.75, 3.05) is 46.4 Å². The van der Waals surface area contributed by atoms with Gasteiger partial charge in [0.15, 0.2) is 0 Å². The van der Waals surface area contributed by atoms with Gasteiger partial charge in [-0.2, -0.15) is 0 Å². The van der Waals surface area contributed by atoms with E-state index in [1.807, 2.05) is 18.2 Å². The third kappa shape index (κ3) is 5.63. The number of ether oxygens (including phenoxy) is 1. The number of likely N-dealkylation sites (N-methyl/N-ethyl adjacent to an activating group) is 1. The van der Waals surface area contributed by atoms with Crippen molar-refractivity contribution in [3.05, 3.63) is 29.8 Å². The van der Waals surface area contributed by atoms with Gasteiger partial charge in [0, 0.05) is 32.7 Å². The molecule has 1 heterocycles. The van der Waals surface area contributed by atoms with Crippen LogP contribution in [0.1, 0.15) is 12.5 Å². The Bertz CT molecular complexity index is 420. The minimum Gasteiger partial charge on any atom is -0.491 e. The highest BCUT2D eigenvalue weighted by Crippen LogP contribution is 2.13. The highest BCUT2D eigenvalue weighted by Gasteiger charge is 2.14. The molecule has 0 bridgehead atoms. The zero-order valence-electron chi connectivity index (χ0n) is 13.1. The molecule has 1 aromatic rings. The van der Waals surface area contributed by atoms with Gasteiger partial charge in [0.25, 0.3) is 0 Å². The van der Waals surface area contributed by atoms with Crippen LogP contribution in [0.4, 0.5) is 0 Å². The Labute approximate surface area is 127 Å². The molecule has 2 N–H and O–H groups in total. The van der Waals surface area contributed by atoms with Gasteiger partial charge < -0.3 is 14.7 Å². The Hall–Kier alpha value is -1.14. The van der Waals surface area contributed by atoms with Gasteiger partial charge in [-0.3, -0.25) is 5.43 Å². The lowest BCUT2D eigenvalue weighted by Crippen LogP contribution is -2.52. The molecule has 1 aromatic carbocycles. The van der Waals surface area contributed by atoms with Crippen LogP contribution in [-0.2, 0) is 6.42 Å². The minimum atomic E-state index is -0.505. The summed E-state index contributed by atoms with van der Waals surface area (Å²) in [4.78, 5) is 2.30. The number of aliphatic hydroxyl groups excluding tert-OH is 1. The van der Waals surface area contributed by atoms with Gasteiger partial charge in [-0.1, -0.05) is 19.1 Å². The van der Waals surface area contributed by atoms with Gasteiger partial charge in [0.2, 0.25) is 0 Å². The summed E-state index contributed by atoms with van der Waals surface area (Å²) < 4.78 is 5.65.